The zero-order valence-electron chi connectivity index (χ0n) is 9.61. The highest BCUT2D eigenvalue weighted by molar-refractivity contribution is 9.10. The molecule has 1 aromatic carbocycles. The first-order valence-electron chi connectivity index (χ1n) is 5.42. The van der Waals surface area contributed by atoms with Gasteiger partial charge in [0.1, 0.15) is 5.01 Å². The van der Waals surface area contributed by atoms with Crippen molar-refractivity contribution in [3.8, 4) is 0 Å². The third-order valence-corrected chi connectivity index (χ3v) is 4.46. The molecule has 0 aliphatic heterocycles. The van der Waals surface area contributed by atoms with Crippen molar-refractivity contribution in [3.63, 3.8) is 0 Å². The van der Waals surface area contributed by atoms with Crippen LogP contribution in [0.5, 0.6) is 0 Å². The van der Waals surface area contributed by atoms with Gasteiger partial charge < -0.3 is 9.55 Å². The second-order valence-electron chi connectivity index (χ2n) is 4.06. The summed E-state index contributed by atoms with van der Waals surface area (Å²) in [5.41, 5.74) is 3.21. The maximum Gasteiger partial charge on any atom is 0.178 e. The second-order valence-corrected chi connectivity index (χ2v) is 6.31. The predicted octanol–water partition coefficient (Wildman–Crippen LogP) is 4.27. The van der Waals surface area contributed by atoms with E-state index in [1.807, 2.05) is 19.1 Å². The Morgan fingerprint density at radius 2 is 2.33 bits per heavy atom. The summed E-state index contributed by atoms with van der Waals surface area (Å²) in [6, 6.07) is 6.10. The number of nitrogens with zero attached hydrogens (tertiary/aromatic N) is 2. The molecule has 0 aliphatic rings. The van der Waals surface area contributed by atoms with E-state index in [0.29, 0.717) is 6.54 Å². The lowest BCUT2D eigenvalue weighted by Crippen LogP contribution is -1.99. The summed E-state index contributed by atoms with van der Waals surface area (Å²) in [5, 5.41) is 3.13. The van der Waals surface area contributed by atoms with Crippen molar-refractivity contribution in [2.75, 3.05) is 0 Å². The first kappa shape index (κ1) is 12.1. The Kier molecular flexibility index (Phi) is 3.09. The molecule has 3 nitrogen and oxygen atoms in total. The van der Waals surface area contributed by atoms with Crippen LogP contribution < -0.4 is 0 Å². The Morgan fingerprint density at radius 3 is 3.06 bits per heavy atom. The lowest BCUT2D eigenvalue weighted by molar-refractivity contribution is 0.800. The van der Waals surface area contributed by atoms with Gasteiger partial charge in [-0.3, -0.25) is 0 Å². The van der Waals surface area contributed by atoms with Gasteiger partial charge in [0.15, 0.2) is 4.77 Å². The first-order valence-corrected chi connectivity index (χ1v) is 7.50. The normalized spacial score (nSPS) is 11.2. The Hall–Kier alpha value is -0.980. The number of H-pyrrole nitrogens is 1. The van der Waals surface area contributed by atoms with E-state index in [4.69, 9.17) is 12.2 Å². The van der Waals surface area contributed by atoms with Crippen molar-refractivity contribution < 1.29 is 0 Å². The standard InChI is InChI=1S/C12H10BrN3S2/c1-7-6-18-11(14-7)5-16-10-4-8(13)2-3-9(10)15-12(16)17/h2-4,6H,5H2,1H3,(H,15,17). The molecule has 0 fully saturated rings. The quantitative estimate of drug-likeness (QED) is 0.707. The van der Waals surface area contributed by atoms with Gasteiger partial charge in [-0.05, 0) is 37.3 Å². The molecule has 3 rings (SSSR count). The van der Waals surface area contributed by atoms with Gasteiger partial charge in [0.2, 0.25) is 0 Å². The van der Waals surface area contributed by atoms with Gasteiger partial charge in [0.25, 0.3) is 0 Å². The van der Waals surface area contributed by atoms with Crippen LogP contribution in [0.3, 0.4) is 0 Å². The van der Waals surface area contributed by atoms with Gasteiger partial charge >= 0.3 is 0 Å². The molecule has 3 aromatic rings. The summed E-state index contributed by atoms with van der Waals surface area (Å²) >= 11 is 10.5. The Labute approximate surface area is 122 Å². The topological polar surface area (TPSA) is 33.6 Å². The molecule has 0 atom stereocenters. The molecule has 0 spiro atoms. The van der Waals surface area contributed by atoms with Crippen molar-refractivity contribution in [3.05, 3.63) is 43.5 Å². The Morgan fingerprint density at radius 1 is 1.50 bits per heavy atom. The van der Waals surface area contributed by atoms with Crippen molar-refractivity contribution in [2.45, 2.75) is 13.5 Å². The van der Waals surface area contributed by atoms with Crippen LogP contribution in [0.25, 0.3) is 11.0 Å². The third-order valence-electron chi connectivity index (χ3n) is 2.70. The summed E-state index contributed by atoms with van der Waals surface area (Å²) in [7, 11) is 0. The summed E-state index contributed by atoms with van der Waals surface area (Å²) in [4.78, 5) is 7.70. The van der Waals surface area contributed by atoms with Gasteiger partial charge in [0, 0.05) is 15.5 Å². The number of aromatic amines is 1. The molecule has 1 N–H and O–H groups in total. The van der Waals surface area contributed by atoms with E-state index in [1.165, 1.54) is 0 Å². The summed E-state index contributed by atoms with van der Waals surface area (Å²) in [6.07, 6.45) is 0. The van der Waals surface area contributed by atoms with Crippen LogP contribution in [-0.4, -0.2) is 14.5 Å². The van der Waals surface area contributed by atoms with Crippen LogP contribution >= 0.6 is 39.5 Å². The number of nitrogens with one attached hydrogen (secondary N) is 1. The van der Waals surface area contributed by atoms with E-state index in [0.717, 1.165) is 31.0 Å². The van der Waals surface area contributed by atoms with Crippen LogP contribution in [0.4, 0.5) is 0 Å². The summed E-state index contributed by atoms with van der Waals surface area (Å²) < 4.78 is 3.86. The highest BCUT2D eigenvalue weighted by Gasteiger charge is 2.07. The minimum Gasteiger partial charge on any atom is -0.331 e. The average molecular weight is 340 g/mol. The number of aromatic nitrogens is 3. The zero-order valence-corrected chi connectivity index (χ0v) is 12.8. The van der Waals surface area contributed by atoms with Crippen LogP contribution in [0.15, 0.2) is 28.1 Å². The molecule has 6 heteroatoms. The zero-order chi connectivity index (χ0) is 12.7. The number of thiazole rings is 1. The van der Waals surface area contributed by atoms with Crippen LogP contribution in [0.2, 0.25) is 0 Å². The molecule has 0 unspecified atom stereocenters. The first-order chi connectivity index (χ1) is 8.63. The lowest BCUT2D eigenvalue weighted by atomic mass is 10.3. The van der Waals surface area contributed by atoms with Crippen molar-refractivity contribution >= 4 is 50.5 Å². The Balaban J connectivity index is 2.13. The third kappa shape index (κ3) is 2.15. The minimum atomic E-state index is 0.716. The molecule has 0 radical (unpaired) electrons. The molecular formula is C12H10BrN3S2. The molecule has 0 saturated carbocycles. The fraction of sp³-hybridized carbons (Fsp3) is 0.167. The molecule has 2 heterocycles. The highest BCUT2D eigenvalue weighted by Crippen LogP contribution is 2.21. The fourth-order valence-electron chi connectivity index (χ4n) is 1.89. The molecule has 2 aromatic heterocycles. The largest absolute Gasteiger partial charge is 0.331 e. The maximum absolute atomic E-state index is 5.37. The van der Waals surface area contributed by atoms with E-state index in [1.54, 1.807) is 11.3 Å². The van der Waals surface area contributed by atoms with Crippen LogP contribution in [-0.2, 0) is 6.54 Å². The minimum absolute atomic E-state index is 0.716. The SMILES string of the molecule is Cc1csc(Cn2c(=S)[nH]c3ccc(Br)cc32)n1. The predicted molar refractivity (Wildman–Crippen MR) is 80.8 cm³/mol. The number of benzene rings is 1. The van der Waals surface area contributed by atoms with E-state index in [-0.39, 0.29) is 0 Å². The average Bonchev–Trinajstić information content (AvgIpc) is 2.86. The van der Waals surface area contributed by atoms with E-state index >= 15 is 0 Å². The van der Waals surface area contributed by atoms with Gasteiger partial charge in [-0.1, -0.05) is 15.9 Å². The molecular weight excluding hydrogens is 330 g/mol. The summed E-state index contributed by atoms with van der Waals surface area (Å²) in [5.74, 6) is 0. The number of hydrogen-bond acceptors (Lipinski definition) is 3. The van der Waals surface area contributed by atoms with Crippen molar-refractivity contribution in [2.24, 2.45) is 0 Å². The monoisotopic (exact) mass is 339 g/mol. The number of imidazole rings is 1. The van der Waals surface area contributed by atoms with Gasteiger partial charge in [0.05, 0.1) is 17.6 Å². The van der Waals surface area contributed by atoms with Crippen molar-refractivity contribution in [1.82, 2.24) is 14.5 Å². The number of fused-ring (bicyclic) bond motifs is 1. The fourth-order valence-corrected chi connectivity index (χ4v) is 3.27. The van der Waals surface area contributed by atoms with Crippen LogP contribution in [0, 0.1) is 11.7 Å². The number of rotatable bonds is 2. The van der Waals surface area contributed by atoms with Gasteiger partial charge in [-0.25, -0.2) is 4.98 Å². The lowest BCUT2D eigenvalue weighted by Gasteiger charge is -2.01. The van der Waals surface area contributed by atoms with Gasteiger partial charge in [-0.15, -0.1) is 11.3 Å². The Bertz CT molecular complexity index is 769. The molecule has 0 saturated heterocycles. The van der Waals surface area contributed by atoms with Crippen molar-refractivity contribution in [1.29, 1.82) is 0 Å². The van der Waals surface area contributed by atoms with E-state index < -0.39 is 0 Å². The molecule has 0 aliphatic carbocycles. The maximum atomic E-state index is 5.37. The molecule has 18 heavy (non-hydrogen) atoms. The van der Waals surface area contributed by atoms with E-state index in [9.17, 15) is 0 Å². The second kappa shape index (κ2) is 4.60. The molecule has 0 bridgehead atoms. The summed E-state index contributed by atoms with van der Waals surface area (Å²) in [6.45, 7) is 2.72. The van der Waals surface area contributed by atoms with Crippen LogP contribution in [0.1, 0.15) is 10.7 Å². The smallest absolute Gasteiger partial charge is 0.178 e. The number of aryl methyl sites for hydroxylation is 1. The molecule has 92 valence electrons. The highest BCUT2D eigenvalue weighted by atomic mass is 79.9. The number of hydrogen-bond donors (Lipinski definition) is 1. The van der Waals surface area contributed by atoms with E-state index in [2.05, 4.69) is 41.9 Å². The molecule has 0 amide bonds. The van der Waals surface area contributed by atoms with Gasteiger partial charge in [-0.2, -0.15) is 0 Å². The number of halogens is 1.